The number of nitro benzene ring substituents is 2. The number of hydrogen-bond donors (Lipinski definition) is 2. The molecule has 1 aliphatic heterocycles. The van der Waals surface area contributed by atoms with Gasteiger partial charge in [-0.05, 0) is 29.7 Å². The number of anilines is 1. The summed E-state index contributed by atoms with van der Waals surface area (Å²) < 4.78 is 26.2. The van der Waals surface area contributed by atoms with Crippen molar-refractivity contribution in [3.05, 3.63) is 167 Å². The van der Waals surface area contributed by atoms with E-state index in [9.17, 15) is 34.9 Å². The van der Waals surface area contributed by atoms with E-state index in [4.69, 9.17) is 23.8 Å². The number of nitrogens with one attached hydrogen (secondary N) is 1. The lowest BCUT2D eigenvalue weighted by Crippen LogP contribution is -2.44. The first-order chi connectivity index (χ1) is 28.5. The molecule has 2 heterocycles. The van der Waals surface area contributed by atoms with Crippen molar-refractivity contribution in [3.8, 4) is 11.5 Å². The van der Waals surface area contributed by atoms with Crippen LogP contribution in [0.5, 0.6) is 11.5 Å². The third kappa shape index (κ3) is 8.87. The van der Waals surface area contributed by atoms with Crippen molar-refractivity contribution in [2.45, 2.75) is 62.7 Å². The van der Waals surface area contributed by atoms with E-state index in [1.54, 1.807) is 12.1 Å². The molecule has 1 aliphatic rings. The number of hydrogen-bond acceptors (Lipinski definition) is 13. The zero-order valence-electron chi connectivity index (χ0n) is 32.7. The van der Waals surface area contributed by atoms with Crippen LogP contribution in [-0.4, -0.2) is 70.2 Å². The van der Waals surface area contributed by atoms with Crippen LogP contribution in [0.2, 0.25) is 0 Å². The topological polar surface area (TPSA) is 211 Å². The molecular weight excluding hydrogens is 766 g/mol. The van der Waals surface area contributed by atoms with E-state index < -0.39 is 62.6 Å². The summed E-state index contributed by atoms with van der Waals surface area (Å²) in [6.45, 7) is 1.76. The molecule has 1 saturated heterocycles. The Kier molecular flexibility index (Phi) is 13.5. The van der Waals surface area contributed by atoms with Crippen LogP contribution in [0, 0.1) is 20.2 Å². The Hall–Kier alpha value is -6.40. The smallest absolute Gasteiger partial charge is 0.330 e. The van der Waals surface area contributed by atoms with Crippen LogP contribution in [0.15, 0.2) is 119 Å². The van der Waals surface area contributed by atoms with Gasteiger partial charge in [0.25, 0.3) is 11.2 Å². The van der Waals surface area contributed by atoms with Crippen molar-refractivity contribution in [2.75, 3.05) is 32.4 Å². The number of unbranched alkanes of at least 4 members (excludes halogenated alkanes) is 3. The van der Waals surface area contributed by atoms with Gasteiger partial charge in [-0.2, -0.15) is 0 Å². The summed E-state index contributed by atoms with van der Waals surface area (Å²) in [6.07, 6.45) is -1.50. The average molecular weight is 812 g/mol. The maximum Gasteiger partial charge on any atom is 0.330 e. The first-order valence-electron chi connectivity index (χ1n) is 19.0. The molecule has 4 atom stereocenters. The van der Waals surface area contributed by atoms with Crippen molar-refractivity contribution < 1.29 is 38.7 Å². The standard InChI is InChI=1S/C42H45N5O12/c1-4-5-6-13-24-45(32-22-21-30(46(51)52)26-33(32)47(53)54)59-39-37(49)35(58-40(39)44-25-23-36(48)43-41(44)50)27-57-42(28-15-9-7-10-16-28,29-17-11-8-12-18-29)31-19-14-20-34(55-2)38(31)56-3/h7-12,14-23,25-26,35,37,39-40,49H,4-6,13,24,27H2,1-3H3,(H,43,48,50)/t35-,37-,39-,40-/m1/s1. The minimum Gasteiger partial charge on any atom is -0.493 e. The Balaban J connectivity index is 1.45. The number of nitro groups is 2. The van der Waals surface area contributed by atoms with Crippen LogP contribution in [0.1, 0.15) is 55.5 Å². The Labute approximate surface area is 338 Å². The van der Waals surface area contributed by atoms with E-state index in [1.165, 1.54) is 31.5 Å². The third-order valence-corrected chi connectivity index (χ3v) is 10.1. The molecule has 59 heavy (non-hydrogen) atoms. The number of aromatic nitrogens is 2. The molecule has 2 N–H and O–H groups in total. The van der Waals surface area contributed by atoms with Gasteiger partial charge in [0.2, 0.25) is 0 Å². The van der Waals surface area contributed by atoms with Crippen LogP contribution in [0.3, 0.4) is 0 Å². The summed E-state index contributed by atoms with van der Waals surface area (Å²) in [6, 6.07) is 28.4. The predicted molar refractivity (Wildman–Crippen MR) is 216 cm³/mol. The molecule has 1 aromatic heterocycles. The predicted octanol–water partition coefficient (Wildman–Crippen LogP) is 6.02. The zero-order valence-corrected chi connectivity index (χ0v) is 32.7. The van der Waals surface area contributed by atoms with E-state index in [2.05, 4.69) is 4.98 Å². The van der Waals surface area contributed by atoms with E-state index in [0.29, 0.717) is 34.6 Å². The lowest BCUT2D eigenvalue weighted by atomic mass is 9.79. The van der Waals surface area contributed by atoms with E-state index in [0.717, 1.165) is 42.0 Å². The third-order valence-electron chi connectivity index (χ3n) is 10.1. The number of aromatic amines is 1. The fourth-order valence-corrected chi connectivity index (χ4v) is 7.30. The monoisotopic (exact) mass is 811 g/mol. The highest BCUT2D eigenvalue weighted by Crippen LogP contribution is 2.48. The minimum absolute atomic E-state index is 0.0665. The summed E-state index contributed by atoms with van der Waals surface area (Å²) in [5.74, 6) is 0.824. The Morgan fingerprint density at radius 3 is 2.15 bits per heavy atom. The summed E-state index contributed by atoms with van der Waals surface area (Å²) in [5.41, 5.74) is -2.25. The van der Waals surface area contributed by atoms with Gasteiger partial charge in [0.15, 0.2) is 23.8 Å². The molecule has 1 fully saturated rings. The molecule has 0 aliphatic carbocycles. The van der Waals surface area contributed by atoms with Crippen LogP contribution < -0.4 is 25.8 Å². The van der Waals surface area contributed by atoms with Crippen molar-refractivity contribution >= 4 is 17.1 Å². The molecule has 0 amide bonds. The number of ether oxygens (including phenoxy) is 4. The number of non-ortho nitro benzene ring substituents is 1. The van der Waals surface area contributed by atoms with Gasteiger partial charge in [0.05, 0.1) is 36.7 Å². The number of benzene rings is 4. The molecule has 6 rings (SSSR count). The van der Waals surface area contributed by atoms with Crippen molar-refractivity contribution in [2.24, 2.45) is 0 Å². The highest BCUT2D eigenvalue weighted by Gasteiger charge is 2.50. The van der Waals surface area contributed by atoms with Crippen LogP contribution >= 0.6 is 0 Å². The molecule has 310 valence electrons. The van der Waals surface area contributed by atoms with Crippen LogP contribution in [0.25, 0.3) is 0 Å². The maximum absolute atomic E-state index is 13.3. The minimum atomic E-state index is -1.56. The van der Waals surface area contributed by atoms with E-state index >= 15 is 0 Å². The lowest BCUT2D eigenvalue weighted by molar-refractivity contribution is -0.393. The molecule has 17 heteroatoms. The number of aliphatic hydroxyl groups is 1. The molecule has 17 nitrogen and oxygen atoms in total. The van der Waals surface area contributed by atoms with Gasteiger partial charge in [0.1, 0.15) is 23.5 Å². The number of H-pyrrole nitrogens is 1. The molecule has 0 spiro atoms. The molecule has 4 aromatic carbocycles. The van der Waals surface area contributed by atoms with Gasteiger partial charge in [0, 0.05) is 30.4 Å². The first-order valence-corrected chi connectivity index (χ1v) is 19.0. The lowest BCUT2D eigenvalue weighted by Gasteiger charge is -2.38. The second-order valence-corrected chi connectivity index (χ2v) is 13.8. The Bertz CT molecular complexity index is 2300. The Morgan fingerprint density at radius 2 is 1.56 bits per heavy atom. The van der Waals surface area contributed by atoms with Gasteiger partial charge < -0.3 is 24.1 Å². The molecule has 0 bridgehead atoms. The number of rotatable bonds is 19. The summed E-state index contributed by atoms with van der Waals surface area (Å²) in [5, 5.41) is 37.3. The first kappa shape index (κ1) is 42.2. The normalized spacial score (nSPS) is 17.7. The SMILES string of the molecule is CCCCCCN(O[C@@H]1[C@H](O)[C@@H](COC(c2ccccc2)(c2ccccc2)c2cccc(OC)c2OC)O[C@H]1n1ccc(=O)[nH]c1=O)c1ccc([N+](=O)[O-])cc1[N+](=O)[O-]. The Morgan fingerprint density at radius 1 is 0.864 bits per heavy atom. The van der Waals surface area contributed by atoms with Gasteiger partial charge >= 0.3 is 11.4 Å². The number of nitrogens with zero attached hydrogens (tertiary/aromatic N) is 4. The second-order valence-electron chi connectivity index (χ2n) is 13.8. The van der Waals surface area contributed by atoms with E-state index in [-0.39, 0.29) is 18.8 Å². The summed E-state index contributed by atoms with van der Waals surface area (Å²) in [4.78, 5) is 56.5. The van der Waals surface area contributed by atoms with Crippen molar-refractivity contribution in [3.63, 3.8) is 0 Å². The second kappa shape index (κ2) is 18.9. The molecule has 5 aromatic rings. The van der Waals surface area contributed by atoms with E-state index in [1.807, 2.05) is 73.7 Å². The molecule has 0 radical (unpaired) electrons. The maximum atomic E-state index is 13.3. The highest BCUT2D eigenvalue weighted by atomic mass is 16.7. The molecular formula is C42H45N5O12. The average Bonchev–Trinajstić information content (AvgIpc) is 3.55. The van der Waals surface area contributed by atoms with Gasteiger partial charge in [-0.25, -0.2) is 9.86 Å². The van der Waals surface area contributed by atoms with Crippen molar-refractivity contribution in [1.29, 1.82) is 0 Å². The van der Waals surface area contributed by atoms with Gasteiger partial charge in [-0.15, -0.1) is 0 Å². The highest BCUT2D eigenvalue weighted by molar-refractivity contribution is 5.65. The fraction of sp³-hybridized carbons (Fsp3) is 0.333. The number of methoxy groups -OCH3 is 2. The van der Waals surface area contributed by atoms with Gasteiger partial charge in [-0.3, -0.25) is 39.4 Å². The summed E-state index contributed by atoms with van der Waals surface area (Å²) in [7, 11) is 3.04. The number of aliphatic hydroxyl groups excluding tert-OH is 1. The zero-order chi connectivity index (χ0) is 42.1. The largest absolute Gasteiger partial charge is 0.493 e. The quantitative estimate of drug-likeness (QED) is 0.0423. The van der Waals surface area contributed by atoms with Crippen molar-refractivity contribution in [1.82, 2.24) is 9.55 Å². The molecule has 0 saturated carbocycles. The summed E-state index contributed by atoms with van der Waals surface area (Å²) >= 11 is 0. The molecule has 0 unspecified atom stereocenters. The van der Waals surface area contributed by atoms with Gasteiger partial charge in [-0.1, -0.05) is 99.0 Å². The number of para-hydroxylation sites is 1. The van der Waals surface area contributed by atoms with Crippen LogP contribution in [-0.2, 0) is 19.9 Å². The van der Waals surface area contributed by atoms with Crippen LogP contribution in [0.4, 0.5) is 17.1 Å². The number of hydroxylamine groups is 1. The fourth-order valence-electron chi connectivity index (χ4n) is 7.30.